The van der Waals surface area contributed by atoms with Gasteiger partial charge in [0.2, 0.25) is 5.91 Å². The molecule has 5 heteroatoms. The summed E-state index contributed by atoms with van der Waals surface area (Å²) in [5.41, 5.74) is 3.11. The van der Waals surface area contributed by atoms with Gasteiger partial charge in [-0.05, 0) is 42.3 Å². The standard InChI is InChI=1S/C34H36N2O3/c1-25-11-9-14-27(21-25)23-36(33(37)24-39-32-20-10-16-28-15-5-8-19-30(28)32)31(22-26-12-3-2-4-13-26)34(38)35-29-17-6-7-18-29/h2-5,8-16,19-21,29,31H,6-7,17-18,22-24H2,1H3,(H,35,38)/t31-/m0/s1. The van der Waals surface area contributed by atoms with Gasteiger partial charge < -0.3 is 15.0 Å². The number of carbonyl (C=O) groups excluding carboxylic acids is 2. The number of ether oxygens (including phenoxy) is 1. The van der Waals surface area contributed by atoms with E-state index in [0.29, 0.717) is 18.7 Å². The molecule has 5 nitrogen and oxygen atoms in total. The van der Waals surface area contributed by atoms with Gasteiger partial charge in [0.05, 0.1) is 0 Å². The molecule has 1 N–H and O–H groups in total. The average molecular weight is 521 g/mol. The number of hydrogen-bond donors (Lipinski definition) is 1. The fourth-order valence-electron chi connectivity index (χ4n) is 5.47. The predicted octanol–water partition coefficient (Wildman–Crippen LogP) is 6.23. The van der Waals surface area contributed by atoms with E-state index in [0.717, 1.165) is 53.1 Å². The molecule has 0 saturated heterocycles. The second-order valence-corrected chi connectivity index (χ2v) is 10.5. The van der Waals surface area contributed by atoms with Crippen LogP contribution in [0, 0.1) is 6.92 Å². The smallest absolute Gasteiger partial charge is 0.261 e. The molecule has 1 saturated carbocycles. The largest absolute Gasteiger partial charge is 0.483 e. The first-order valence-corrected chi connectivity index (χ1v) is 13.9. The Morgan fingerprint density at radius 3 is 2.36 bits per heavy atom. The maximum absolute atomic E-state index is 13.9. The van der Waals surface area contributed by atoms with Gasteiger partial charge in [-0.25, -0.2) is 0 Å². The minimum atomic E-state index is -0.655. The molecule has 0 spiro atoms. The first-order chi connectivity index (χ1) is 19.1. The van der Waals surface area contributed by atoms with Crippen molar-refractivity contribution < 1.29 is 14.3 Å². The molecule has 0 bridgehead atoms. The molecule has 4 aromatic carbocycles. The molecule has 0 aliphatic heterocycles. The van der Waals surface area contributed by atoms with Gasteiger partial charge in [-0.15, -0.1) is 0 Å². The Bertz CT molecular complexity index is 1410. The summed E-state index contributed by atoms with van der Waals surface area (Å²) >= 11 is 0. The van der Waals surface area contributed by atoms with Crippen molar-refractivity contribution in [3.8, 4) is 5.75 Å². The summed E-state index contributed by atoms with van der Waals surface area (Å²) in [5.74, 6) is 0.343. The summed E-state index contributed by atoms with van der Waals surface area (Å²) in [6, 6.07) is 31.3. The van der Waals surface area contributed by atoms with E-state index < -0.39 is 6.04 Å². The number of amides is 2. The molecule has 200 valence electrons. The third-order valence-electron chi connectivity index (χ3n) is 7.51. The number of rotatable bonds is 10. The second-order valence-electron chi connectivity index (χ2n) is 10.5. The lowest BCUT2D eigenvalue weighted by Crippen LogP contribution is -2.53. The molecule has 5 rings (SSSR count). The van der Waals surface area contributed by atoms with Crippen LogP contribution in [0.3, 0.4) is 0 Å². The van der Waals surface area contributed by atoms with Crippen molar-refractivity contribution in [3.63, 3.8) is 0 Å². The van der Waals surface area contributed by atoms with Crippen LogP contribution in [-0.4, -0.2) is 35.4 Å². The van der Waals surface area contributed by atoms with Crippen LogP contribution in [0.4, 0.5) is 0 Å². The van der Waals surface area contributed by atoms with Gasteiger partial charge in [-0.3, -0.25) is 9.59 Å². The highest BCUT2D eigenvalue weighted by molar-refractivity contribution is 5.90. The summed E-state index contributed by atoms with van der Waals surface area (Å²) in [4.78, 5) is 29.5. The molecule has 2 amide bonds. The van der Waals surface area contributed by atoms with Gasteiger partial charge in [-0.2, -0.15) is 0 Å². The fraction of sp³-hybridized carbons (Fsp3) is 0.294. The Morgan fingerprint density at radius 2 is 1.56 bits per heavy atom. The molecule has 1 atom stereocenters. The van der Waals surface area contributed by atoms with E-state index in [2.05, 4.69) is 11.4 Å². The highest BCUT2D eigenvalue weighted by Crippen LogP contribution is 2.26. The molecule has 0 aromatic heterocycles. The lowest BCUT2D eigenvalue weighted by Gasteiger charge is -2.32. The van der Waals surface area contributed by atoms with Crippen LogP contribution in [0.25, 0.3) is 10.8 Å². The molecule has 1 fully saturated rings. The minimum Gasteiger partial charge on any atom is -0.483 e. The number of aryl methyl sites for hydroxylation is 1. The summed E-state index contributed by atoms with van der Waals surface area (Å²) in [7, 11) is 0. The second kappa shape index (κ2) is 12.6. The van der Waals surface area contributed by atoms with Crippen molar-refractivity contribution in [3.05, 3.63) is 114 Å². The third kappa shape index (κ3) is 6.85. The van der Waals surface area contributed by atoms with E-state index in [-0.39, 0.29) is 24.5 Å². The maximum atomic E-state index is 13.9. The number of nitrogens with one attached hydrogen (secondary N) is 1. The van der Waals surface area contributed by atoms with Gasteiger partial charge >= 0.3 is 0 Å². The van der Waals surface area contributed by atoms with Crippen molar-refractivity contribution >= 4 is 22.6 Å². The van der Waals surface area contributed by atoms with Crippen LogP contribution >= 0.6 is 0 Å². The van der Waals surface area contributed by atoms with E-state index in [1.807, 2.05) is 97.9 Å². The Labute approximate surface area is 230 Å². The average Bonchev–Trinajstić information content (AvgIpc) is 3.47. The van der Waals surface area contributed by atoms with E-state index >= 15 is 0 Å². The Morgan fingerprint density at radius 1 is 0.872 bits per heavy atom. The van der Waals surface area contributed by atoms with E-state index in [9.17, 15) is 9.59 Å². The van der Waals surface area contributed by atoms with Crippen LogP contribution in [0.1, 0.15) is 42.4 Å². The Hall–Kier alpha value is -4.12. The molecule has 0 unspecified atom stereocenters. The van der Waals surface area contributed by atoms with E-state index in [1.54, 1.807) is 4.90 Å². The highest BCUT2D eigenvalue weighted by atomic mass is 16.5. The van der Waals surface area contributed by atoms with Crippen LogP contribution in [0.5, 0.6) is 5.75 Å². The minimum absolute atomic E-state index is 0.100. The normalized spacial score (nSPS) is 14.2. The lowest BCUT2D eigenvalue weighted by molar-refractivity contribution is -0.143. The zero-order chi connectivity index (χ0) is 27.0. The molecular formula is C34H36N2O3. The van der Waals surface area contributed by atoms with Crippen molar-refractivity contribution in [1.29, 1.82) is 0 Å². The summed E-state index contributed by atoms with van der Waals surface area (Å²) < 4.78 is 6.11. The summed E-state index contributed by atoms with van der Waals surface area (Å²) in [6.07, 6.45) is 4.66. The topological polar surface area (TPSA) is 58.6 Å². The number of fused-ring (bicyclic) bond motifs is 1. The number of hydrogen-bond acceptors (Lipinski definition) is 3. The lowest BCUT2D eigenvalue weighted by atomic mass is 10.0. The number of carbonyl (C=O) groups is 2. The first kappa shape index (κ1) is 26.5. The van der Waals surface area contributed by atoms with Crippen LogP contribution in [-0.2, 0) is 22.6 Å². The molecule has 1 aliphatic carbocycles. The monoisotopic (exact) mass is 520 g/mol. The van der Waals surface area contributed by atoms with Crippen LogP contribution < -0.4 is 10.1 Å². The number of benzene rings is 4. The van der Waals surface area contributed by atoms with Crippen LogP contribution in [0.2, 0.25) is 0 Å². The van der Waals surface area contributed by atoms with E-state index in [4.69, 9.17) is 4.74 Å². The van der Waals surface area contributed by atoms with Gasteiger partial charge in [0.15, 0.2) is 6.61 Å². The van der Waals surface area contributed by atoms with Gasteiger partial charge in [0.1, 0.15) is 11.8 Å². The molecular weight excluding hydrogens is 484 g/mol. The maximum Gasteiger partial charge on any atom is 0.261 e. The first-order valence-electron chi connectivity index (χ1n) is 13.9. The van der Waals surface area contributed by atoms with Crippen molar-refractivity contribution in [2.75, 3.05) is 6.61 Å². The van der Waals surface area contributed by atoms with Crippen LogP contribution in [0.15, 0.2) is 97.1 Å². The number of nitrogens with zero attached hydrogens (tertiary/aromatic N) is 1. The molecule has 0 radical (unpaired) electrons. The quantitative estimate of drug-likeness (QED) is 0.270. The molecule has 39 heavy (non-hydrogen) atoms. The van der Waals surface area contributed by atoms with E-state index in [1.165, 1.54) is 0 Å². The fourth-order valence-corrected chi connectivity index (χ4v) is 5.47. The summed E-state index contributed by atoms with van der Waals surface area (Å²) in [6.45, 7) is 2.21. The zero-order valence-electron chi connectivity index (χ0n) is 22.5. The van der Waals surface area contributed by atoms with Crippen molar-refractivity contribution in [2.45, 2.75) is 57.7 Å². The van der Waals surface area contributed by atoms with Gasteiger partial charge in [0, 0.05) is 24.4 Å². The highest BCUT2D eigenvalue weighted by Gasteiger charge is 2.32. The zero-order valence-corrected chi connectivity index (χ0v) is 22.5. The Kier molecular flexibility index (Phi) is 8.57. The predicted molar refractivity (Wildman–Crippen MR) is 156 cm³/mol. The molecule has 4 aromatic rings. The third-order valence-corrected chi connectivity index (χ3v) is 7.51. The van der Waals surface area contributed by atoms with Crippen molar-refractivity contribution in [1.82, 2.24) is 10.2 Å². The van der Waals surface area contributed by atoms with Gasteiger partial charge in [0.25, 0.3) is 5.91 Å². The molecule has 1 aliphatic rings. The molecule has 0 heterocycles. The van der Waals surface area contributed by atoms with Gasteiger partial charge in [-0.1, -0.05) is 109 Å². The Balaban J connectivity index is 1.44. The SMILES string of the molecule is Cc1cccc(CN(C(=O)COc2cccc3ccccc23)[C@@H](Cc2ccccc2)C(=O)NC2CCCC2)c1. The van der Waals surface area contributed by atoms with Crippen molar-refractivity contribution in [2.24, 2.45) is 0 Å². The summed E-state index contributed by atoms with van der Waals surface area (Å²) in [5, 5.41) is 5.27.